The Labute approximate surface area is 232 Å². The van der Waals surface area contributed by atoms with Crippen molar-refractivity contribution in [1.82, 2.24) is 0 Å². The molecule has 35 heavy (non-hydrogen) atoms. The molecule has 4 nitrogen and oxygen atoms in total. The maximum absolute atomic E-state index is 14.1. The van der Waals surface area contributed by atoms with Crippen molar-refractivity contribution in [2.24, 2.45) is 5.92 Å². The van der Waals surface area contributed by atoms with E-state index in [0.717, 1.165) is 6.07 Å². The molecule has 2 amide bonds. The minimum Gasteiger partial charge on any atom is -0.326 e. The first-order valence-corrected chi connectivity index (χ1v) is 12.5. The molecule has 4 rings (SSSR count). The van der Waals surface area contributed by atoms with Crippen LogP contribution >= 0.6 is 73.9 Å². The molecule has 1 saturated carbocycles. The topological polar surface area (TPSA) is 58.2 Å². The molecule has 12 heteroatoms. The van der Waals surface area contributed by atoms with Gasteiger partial charge in [0.15, 0.2) is 5.82 Å². The molecule has 2 atom stereocenters. The van der Waals surface area contributed by atoms with Crippen molar-refractivity contribution in [3.8, 4) is 0 Å². The van der Waals surface area contributed by atoms with Crippen LogP contribution in [0.4, 0.5) is 20.2 Å². The van der Waals surface area contributed by atoms with Crippen LogP contribution in [0, 0.1) is 17.6 Å². The normalized spacial score (nSPS) is 18.2. The third-order valence-electron chi connectivity index (χ3n) is 5.30. The molecular weight excluding hydrogens is 631 g/mol. The van der Waals surface area contributed by atoms with Crippen LogP contribution < -0.4 is 10.6 Å². The molecule has 0 heterocycles. The van der Waals surface area contributed by atoms with Crippen molar-refractivity contribution in [2.75, 3.05) is 10.6 Å². The summed E-state index contributed by atoms with van der Waals surface area (Å²) in [4.78, 5) is 25.7. The predicted molar refractivity (Wildman–Crippen MR) is 139 cm³/mol. The fourth-order valence-corrected chi connectivity index (χ4v) is 5.74. The van der Waals surface area contributed by atoms with E-state index in [9.17, 15) is 18.4 Å². The molecule has 2 unspecified atom stereocenters. The molecule has 0 aromatic heterocycles. The van der Waals surface area contributed by atoms with Gasteiger partial charge < -0.3 is 10.6 Å². The van der Waals surface area contributed by atoms with E-state index < -0.39 is 39.6 Å². The highest BCUT2D eigenvalue weighted by molar-refractivity contribution is 9.10. The summed E-state index contributed by atoms with van der Waals surface area (Å²) >= 11 is 34.0. The molecule has 0 saturated heterocycles. The summed E-state index contributed by atoms with van der Waals surface area (Å²) in [5.74, 6) is -4.46. The lowest BCUT2D eigenvalue weighted by atomic mass is 10.1. The SMILES string of the molecule is O=C(Nc1c(F)cc(F)cc1Br)c1cc(NC(=O)C2C(c3cc(Cl)cc(Cl)c3)C2(Cl)Cl)ccc1Cl. The van der Waals surface area contributed by atoms with Gasteiger partial charge in [0, 0.05) is 32.2 Å². The molecule has 3 aromatic rings. The van der Waals surface area contributed by atoms with Crippen molar-refractivity contribution >= 4 is 97.1 Å². The summed E-state index contributed by atoms with van der Waals surface area (Å²) in [7, 11) is 0. The number of carbonyl (C=O) groups excluding carboxylic acids is 2. The zero-order valence-corrected chi connectivity index (χ0v) is 22.5. The predicted octanol–water partition coefficient (Wildman–Crippen LogP) is 8.47. The van der Waals surface area contributed by atoms with Gasteiger partial charge in [0.05, 0.1) is 22.2 Å². The Balaban J connectivity index is 1.53. The molecule has 0 radical (unpaired) electrons. The van der Waals surface area contributed by atoms with E-state index in [1.807, 2.05) is 0 Å². The average molecular weight is 644 g/mol. The van der Waals surface area contributed by atoms with Crippen LogP contribution in [0.25, 0.3) is 0 Å². The van der Waals surface area contributed by atoms with Gasteiger partial charge in [0.2, 0.25) is 5.91 Å². The molecule has 1 aliphatic carbocycles. The first-order chi connectivity index (χ1) is 16.4. The van der Waals surface area contributed by atoms with Crippen molar-refractivity contribution in [3.05, 3.63) is 90.8 Å². The number of carbonyl (C=O) groups is 2. The number of anilines is 2. The first-order valence-electron chi connectivity index (χ1n) is 9.78. The second kappa shape index (κ2) is 10.0. The molecule has 2 N–H and O–H groups in total. The van der Waals surface area contributed by atoms with Gasteiger partial charge in [-0.3, -0.25) is 9.59 Å². The smallest absolute Gasteiger partial charge is 0.257 e. The van der Waals surface area contributed by atoms with E-state index >= 15 is 0 Å². The van der Waals surface area contributed by atoms with Crippen LogP contribution in [0.15, 0.2) is 53.0 Å². The van der Waals surface area contributed by atoms with Gasteiger partial charge in [0.1, 0.15) is 10.2 Å². The summed E-state index contributed by atoms with van der Waals surface area (Å²) < 4.78 is 26.1. The minimum atomic E-state index is -1.39. The maximum atomic E-state index is 14.1. The Morgan fingerprint density at radius 3 is 2.20 bits per heavy atom. The quantitative estimate of drug-likeness (QED) is 0.274. The summed E-state index contributed by atoms with van der Waals surface area (Å²) in [6, 6.07) is 10.6. The van der Waals surface area contributed by atoms with E-state index in [1.54, 1.807) is 18.2 Å². The minimum absolute atomic E-state index is 0.00499. The van der Waals surface area contributed by atoms with Gasteiger partial charge in [-0.05, 0) is 64.0 Å². The number of alkyl halides is 2. The van der Waals surface area contributed by atoms with Crippen LogP contribution in [0.5, 0.6) is 0 Å². The summed E-state index contributed by atoms with van der Waals surface area (Å²) in [6.07, 6.45) is 0. The lowest BCUT2D eigenvalue weighted by molar-refractivity contribution is -0.117. The van der Waals surface area contributed by atoms with Crippen molar-refractivity contribution < 1.29 is 18.4 Å². The van der Waals surface area contributed by atoms with Crippen molar-refractivity contribution in [1.29, 1.82) is 0 Å². The van der Waals surface area contributed by atoms with Crippen LogP contribution in [-0.4, -0.2) is 16.1 Å². The van der Waals surface area contributed by atoms with Crippen LogP contribution in [0.3, 0.4) is 0 Å². The average Bonchev–Trinajstić information content (AvgIpc) is 3.33. The largest absolute Gasteiger partial charge is 0.326 e. The van der Waals surface area contributed by atoms with Gasteiger partial charge in [-0.15, -0.1) is 23.2 Å². The Kier molecular flexibility index (Phi) is 7.59. The van der Waals surface area contributed by atoms with E-state index in [2.05, 4.69) is 26.6 Å². The van der Waals surface area contributed by atoms with E-state index in [-0.39, 0.29) is 26.4 Å². The second-order valence-electron chi connectivity index (χ2n) is 7.72. The summed E-state index contributed by atoms with van der Waals surface area (Å²) in [5, 5.41) is 5.79. The van der Waals surface area contributed by atoms with Crippen LogP contribution in [-0.2, 0) is 4.79 Å². The van der Waals surface area contributed by atoms with Gasteiger partial charge in [-0.25, -0.2) is 8.78 Å². The van der Waals surface area contributed by atoms with Gasteiger partial charge >= 0.3 is 0 Å². The lowest BCUT2D eigenvalue weighted by Crippen LogP contribution is -2.18. The molecule has 0 bridgehead atoms. The highest BCUT2D eigenvalue weighted by atomic mass is 79.9. The maximum Gasteiger partial charge on any atom is 0.257 e. The summed E-state index contributed by atoms with van der Waals surface area (Å²) in [5.41, 5.74) is 0.506. The van der Waals surface area contributed by atoms with E-state index in [1.165, 1.54) is 18.2 Å². The number of hydrogen-bond acceptors (Lipinski definition) is 2. The fourth-order valence-electron chi connectivity index (χ4n) is 3.66. The fraction of sp³-hybridized carbons (Fsp3) is 0.130. The zero-order valence-electron chi connectivity index (χ0n) is 17.1. The molecule has 1 aliphatic rings. The van der Waals surface area contributed by atoms with Crippen molar-refractivity contribution in [2.45, 2.75) is 10.3 Å². The Hall–Kier alpha value is -1.61. The third kappa shape index (κ3) is 5.55. The Bertz CT molecular complexity index is 1330. The van der Waals surface area contributed by atoms with E-state index in [4.69, 9.17) is 58.0 Å². The number of halogens is 8. The van der Waals surface area contributed by atoms with E-state index in [0.29, 0.717) is 21.7 Å². The molecule has 1 fully saturated rings. The lowest BCUT2D eigenvalue weighted by Gasteiger charge is -2.12. The molecule has 0 aliphatic heterocycles. The number of amides is 2. The molecule has 182 valence electrons. The monoisotopic (exact) mass is 640 g/mol. The van der Waals surface area contributed by atoms with Gasteiger partial charge in [-0.1, -0.05) is 34.8 Å². The van der Waals surface area contributed by atoms with Gasteiger partial charge in [-0.2, -0.15) is 0 Å². The number of hydrogen-bond donors (Lipinski definition) is 2. The number of benzene rings is 3. The highest BCUT2D eigenvalue weighted by Crippen LogP contribution is 2.65. The zero-order chi connectivity index (χ0) is 25.7. The first kappa shape index (κ1) is 26.5. The third-order valence-corrected chi connectivity index (χ3v) is 7.64. The Morgan fingerprint density at radius 1 is 0.914 bits per heavy atom. The number of rotatable bonds is 5. The molecule has 3 aromatic carbocycles. The van der Waals surface area contributed by atoms with Crippen LogP contribution in [0.1, 0.15) is 21.8 Å². The standard InChI is InChI=1S/C23H12BrCl5F2N2O2/c24-15-6-12(30)7-17(31)20(15)33-21(34)14-8-13(1-2-16(14)27)32-22(35)19-18(23(19,28)29)9-3-10(25)5-11(26)4-9/h1-8,18-19H,(H,32,35)(H,33,34). The Morgan fingerprint density at radius 2 is 1.57 bits per heavy atom. The highest BCUT2D eigenvalue weighted by Gasteiger charge is 2.67. The van der Waals surface area contributed by atoms with Gasteiger partial charge in [0.25, 0.3) is 5.91 Å². The second-order valence-corrected chi connectivity index (χ2v) is 11.3. The number of nitrogens with one attached hydrogen (secondary N) is 2. The van der Waals surface area contributed by atoms with Crippen LogP contribution in [0.2, 0.25) is 15.1 Å². The molecular formula is C23H12BrCl5F2N2O2. The van der Waals surface area contributed by atoms with Crippen molar-refractivity contribution in [3.63, 3.8) is 0 Å². The molecule has 0 spiro atoms. The summed E-state index contributed by atoms with van der Waals surface area (Å²) in [6.45, 7) is 0.